The highest BCUT2D eigenvalue weighted by Gasteiger charge is 2.35. The average Bonchev–Trinajstić information content (AvgIpc) is 2.66. The zero-order valence-electron chi connectivity index (χ0n) is 18.9. The van der Waals surface area contributed by atoms with Crippen molar-refractivity contribution in [2.24, 2.45) is 5.41 Å². The third-order valence-corrected chi connectivity index (χ3v) is 5.17. The summed E-state index contributed by atoms with van der Waals surface area (Å²) in [5.74, 6) is -1.61. The highest BCUT2D eigenvalue weighted by molar-refractivity contribution is 5.93. The maximum absolute atomic E-state index is 12.2. The molecule has 6 heteroatoms. The fourth-order valence-corrected chi connectivity index (χ4v) is 3.19. The van der Waals surface area contributed by atoms with E-state index in [4.69, 9.17) is 9.47 Å². The van der Waals surface area contributed by atoms with Crippen LogP contribution in [0.5, 0.6) is 0 Å². The molecule has 0 fully saturated rings. The van der Waals surface area contributed by atoms with Crippen molar-refractivity contribution in [2.75, 3.05) is 13.2 Å². The molecular weight excluding hydrogens is 384 g/mol. The second kappa shape index (κ2) is 11.0. The van der Waals surface area contributed by atoms with Crippen molar-refractivity contribution in [1.82, 2.24) is 0 Å². The molecule has 0 spiro atoms. The summed E-state index contributed by atoms with van der Waals surface area (Å²) >= 11 is 0. The summed E-state index contributed by atoms with van der Waals surface area (Å²) in [5.41, 5.74) is 0.586. The standard InChI is InChI=1S/C24H34O6/c1-7-29-21(26)17(2)14-19-10-8-11-20(15-19)24(6,22(27)28)13-9-12-23(4,5)16-30-18(3)25/h8,10-11,14-15H,7,9,12-13,16H2,1-6H3,(H,27,28). The lowest BCUT2D eigenvalue weighted by Gasteiger charge is -2.29. The third-order valence-electron chi connectivity index (χ3n) is 5.17. The predicted molar refractivity (Wildman–Crippen MR) is 116 cm³/mol. The lowest BCUT2D eigenvalue weighted by molar-refractivity contribution is -0.144. The van der Waals surface area contributed by atoms with Gasteiger partial charge in [-0.2, -0.15) is 0 Å². The molecule has 6 nitrogen and oxygen atoms in total. The first-order valence-electron chi connectivity index (χ1n) is 10.2. The van der Waals surface area contributed by atoms with Gasteiger partial charge in [-0.15, -0.1) is 0 Å². The normalized spacial score (nSPS) is 14.0. The van der Waals surface area contributed by atoms with Gasteiger partial charge in [0.1, 0.15) is 0 Å². The number of aliphatic carboxylic acids is 1. The summed E-state index contributed by atoms with van der Waals surface area (Å²) < 4.78 is 10.1. The van der Waals surface area contributed by atoms with Crippen LogP contribution in [0, 0.1) is 5.41 Å². The van der Waals surface area contributed by atoms with Crippen LogP contribution in [0.1, 0.15) is 71.9 Å². The van der Waals surface area contributed by atoms with E-state index >= 15 is 0 Å². The van der Waals surface area contributed by atoms with Gasteiger partial charge in [-0.25, -0.2) is 4.79 Å². The van der Waals surface area contributed by atoms with E-state index in [2.05, 4.69) is 0 Å². The molecule has 0 amide bonds. The number of rotatable bonds is 11. The van der Waals surface area contributed by atoms with Gasteiger partial charge in [0.15, 0.2) is 0 Å². The lowest BCUT2D eigenvalue weighted by atomic mass is 9.76. The number of ether oxygens (including phenoxy) is 2. The van der Waals surface area contributed by atoms with Gasteiger partial charge in [0, 0.05) is 12.5 Å². The molecule has 0 saturated carbocycles. The Kier molecular flexibility index (Phi) is 9.27. The van der Waals surface area contributed by atoms with E-state index in [-0.39, 0.29) is 17.4 Å². The Morgan fingerprint density at radius 2 is 1.73 bits per heavy atom. The van der Waals surface area contributed by atoms with Crippen LogP contribution in [-0.2, 0) is 29.3 Å². The molecule has 0 radical (unpaired) electrons. The SMILES string of the molecule is CCOC(=O)C(C)=Cc1cccc(C(C)(CCCC(C)(C)COC(C)=O)C(=O)O)c1. The zero-order valence-corrected chi connectivity index (χ0v) is 18.9. The molecule has 0 saturated heterocycles. The maximum Gasteiger partial charge on any atom is 0.333 e. The van der Waals surface area contributed by atoms with Crippen molar-refractivity contribution >= 4 is 24.0 Å². The Balaban J connectivity index is 2.98. The Hall–Kier alpha value is -2.63. The summed E-state index contributed by atoms with van der Waals surface area (Å²) in [5, 5.41) is 9.96. The molecule has 30 heavy (non-hydrogen) atoms. The van der Waals surface area contributed by atoms with Gasteiger partial charge in [0.25, 0.3) is 0 Å². The van der Waals surface area contributed by atoms with E-state index in [1.807, 2.05) is 19.9 Å². The monoisotopic (exact) mass is 418 g/mol. The minimum atomic E-state index is -1.07. The van der Waals surface area contributed by atoms with Crippen molar-refractivity contribution in [3.8, 4) is 0 Å². The summed E-state index contributed by atoms with van der Waals surface area (Å²) in [7, 11) is 0. The van der Waals surface area contributed by atoms with E-state index < -0.39 is 11.4 Å². The number of carboxylic acids is 1. The van der Waals surface area contributed by atoms with Gasteiger partial charge in [-0.1, -0.05) is 44.5 Å². The lowest BCUT2D eigenvalue weighted by Crippen LogP contribution is -2.33. The predicted octanol–water partition coefficient (Wildman–Crippen LogP) is 4.75. The summed E-state index contributed by atoms with van der Waals surface area (Å²) in [4.78, 5) is 35.1. The molecule has 166 valence electrons. The van der Waals surface area contributed by atoms with E-state index in [0.29, 0.717) is 37.2 Å². The van der Waals surface area contributed by atoms with Crippen LogP contribution in [0.2, 0.25) is 0 Å². The molecule has 0 aliphatic heterocycles. The van der Waals surface area contributed by atoms with Gasteiger partial charge < -0.3 is 14.6 Å². The van der Waals surface area contributed by atoms with Crippen molar-refractivity contribution in [1.29, 1.82) is 0 Å². The van der Waals surface area contributed by atoms with Crippen LogP contribution in [0.15, 0.2) is 29.8 Å². The summed E-state index contributed by atoms with van der Waals surface area (Å²) in [6, 6.07) is 7.23. The molecule has 0 aromatic heterocycles. The van der Waals surface area contributed by atoms with Gasteiger partial charge in [0.2, 0.25) is 0 Å². The van der Waals surface area contributed by atoms with Crippen LogP contribution >= 0.6 is 0 Å². The topological polar surface area (TPSA) is 89.9 Å². The Labute approximate surface area is 179 Å². The van der Waals surface area contributed by atoms with E-state index in [9.17, 15) is 19.5 Å². The van der Waals surface area contributed by atoms with Gasteiger partial charge in [-0.3, -0.25) is 9.59 Å². The van der Waals surface area contributed by atoms with E-state index in [0.717, 1.165) is 12.0 Å². The second-order valence-corrected chi connectivity index (χ2v) is 8.61. The largest absolute Gasteiger partial charge is 0.481 e. The van der Waals surface area contributed by atoms with Crippen LogP contribution in [-0.4, -0.2) is 36.2 Å². The number of esters is 2. The smallest absolute Gasteiger partial charge is 0.333 e. The molecule has 0 aliphatic rings. The molecule has 1 aromatic rings. The number of hydrogen-bond donors (Lipinski definition) is 1. The summed E-state index contributed by atoms with van der Waals surface area (Å²) in [6.07, 6.45) is 3.53. The number of benzene rings is 1. The van der Waals surface area contributed by atoms with Crippen LogP contribution in [0.4, 0.5) is 0 Å². The van der Waals surface area contributed by atoms with Crippen molar-refractivity contribution in [2.45, 2.75) is 66.2 Å². The fourth-order valence-electron chi connectivity index (χ4n) is 3.19. The van der Waals surface area contributed by atoms with Gasteiger partial charge in [-0.05, 0) is 56.2 Å². The summed E-state index contributed by atoms with van der Waals surface area (Å²) in [6.45, 7) is 11.1. The highest BCUT2D eigenvalue weighted by atomic mass is 16.5. The van der Waals surface area contributed by atoms with Crippen LogP contribution in [0.3, 0.4) is 0 Å². The molecule has 1 unspecified atom stereocenters. The first-order chi connectivity index (χ1) is 13.9. The first-order valence-corrected chi connectivity index (χ1v) is 10.2. The molecule has 1 N–H and O–H groups in total. The first kappa shape index (κ1) is 25.4. The maximum atomic E-state index is 12.2. The van der Waals surface area contributed by atoms with Gasteiger partial charge >= 0.3 is 17.9 Å². The van der Waals surface area contributed by atoms with Crippen LogP contribution in [0.25, 0.3) is 6.08 Å². The third kappa shape index (κ3) is 7.65. The minimum absolute atomic E-state index is 0.230. The average molecular weight is 419 g/mol. The van der Waals surface area contributed by atoms with E-state index in [1.54, 1.807) is 45.0 Å². The number of carbonyl (C=O) groups excluding carboxylic acids is 2. The molecule has 1 rings (SSSR count). The molecule has 1 atom stereocenters. The molecule has 1 aromatic carbocycles. The van der Waals surface area contributed by atoms with Crippen molar-refractivity contribution in [3.05, 3.63) is 41.0 Å². The van der Waals surface area contributed by atoms with Crippen molar-refractivity contribution < 1.29 is 29.0 Å². The number of carboxylic acid groups (broad SMARTS) is 1. The molecule has 0 bridgehead atoms. The Bertz CT molecular complexity index is 793. The second-order valence-electron chi connectivity index (χ2n) is 8.61. The van der Waals surface area contributed by atoms with E-state index in [1.165, 1.54) is 6.92 Å². The van der Waals surface area contributed by atoms with Gasteiger partial charge in [0.05, 0.1) is 18.6 Å². The highest BCUT2D eigenvalue weighted by Crippen LogP contribution is 2.34. The quantitative estimate of drug-likeness (QED) is 0.412. The number of hydrogen-bond acceptors (Lipinski definition) is 5. The van der Waals surface area contributed by atoms with Crippen LogP contribution < -0.4 is 0 Å². The molecule has 0 heterocycles. The minimum Gasteiger partial charge on any atom is -0.481 e. The Morgan fingerprint density at radius 1 is 1.07 bits per heavy atom. The zero-order chi connectivity index (χ0) is 22.9. The molecule has 0 aliphatic carbocycles. The molecular formula is C24H34O6. The fraction of sp³-hybridized carbons (Fsp3) is 0.542. The number of carbonyl (C=O) groups is 3. The van der Waals surface area contributed by atoms with Crippen molar-refractivity contribution in [3.63, 3.8) is 0 Å². The Morgan fingerprint density at radius 3 is 2.30 bits per heavy atom.